The van der Waals surface area contributed by atoms with Crippen molar-refractivity contribution in [3.8, 4) is 0 Å². The fourth-order valence-electron chi connectivity index (χ4n) is 4.01. The smallest absolute Gasteiger partial charge is 0.297 e. The molecule has 0 saturated carbocycles. The maximum Gasteiger partial charge on any atom is 0.297 e. The number of aromatic nitrogens is 3. The Kier molecular flexibility index (Phi) is 4.43. The predicted molar refractivity (Wildman–Crippen MR) is 116 cm³/mol. The fraction of sp³-hybridized carbons (Fsp3) is 0.318. The van der Waals surface area contributed by atoms with Crippen molar-refractivity contribution >= 4 is 45.4 Å². The molecule has 6 nitrogen and oxygen atoms in total. The summed E-state index contributed by atoms with van der Waals surface area (Å²) in [6.07, 6.45) is 2.23. The van der Waals surface area contributed by atoms with Gasteiger partial charge in [0.15, 0.2) is 0 Å². The minimum Gasteiger partial charge on any atom is -0.430 e. The van der Waals surface area contributed by atoms with Crippen molar-refractivity contribution in [2.45, 2.75) is 45.9 Å². The topological polar surface area (TPSA) is 70.2 Å². The lowest BCUT2D eigenvalue weighted by Crippen LogP contribution is -2.32. The summed E-state index contributed by atoms with van der Waals surface area (Å²) in [4.78, 5) is 22.3. The Morgan fingerprint density at radius 3 is 2.80 bits per heavy atom. The lowest BCUT2D eigenvalue weighted by Gasteiger charge is -2.32. The van der Waals surface area contributed by atoms with Crippen LogP contribution >= 0.6 is 23.2 Å². The summed E-state index contributed by atoms with van der Waals surface area (Å²) in [6, 6.07) is 5.19. The van der Waals surface area contributed by atoms with Gasteiger partial charge in [-0.25, -0.2) is 9.97 Å². The Labute approximate surface area is 182 Å². The molecule has 0 N–H and O–H groups in total. The van der Waals surface area contributed by atoms with Crippen LogP contribution in [-0.2, 0) is 24.3 Å². The molecule has 0 bridgehead atoms. The van der Waals surface area contributed by atoms with Gasteiger partial charge in [-0.1, -0.05) is 29.3 Å². The molecule has 3 aromatic heterocycles. The normalized spacial score (nSPS) is 15.6. The maximum atomic E-state index is 13.2. The molecule has 1 aliphatic heterocycles. The van der Waals surface area contributed by atoms with Gasteiger partial charge in [0.25, 0.3) is 5.56 Å². The van der Waals surface area contributed by atoms with Crippen LogP contribution < -0.4 is 5.56 Å². The van der Waals surface area contributed by atoms with Crippen LogP contribution in [0.5, 0.6) is 0 Å². The van der Waals surface area contributed by atoms with Gasteiger partial charge in [-0.05, 0) is 44.0 Å². The first-order valence-electron chi connectivity index (χ1n) is 9.61. The molecule has 8 heteroatoms. The number of ether oxygens (including phenoxy) is 1. The van der Waals surface area contributed by atoms with Crippen molar-refractivity contribution in [1.82, 2.24) is 14.5 Å². The summed E-state index contributed by atoms with van der Waals surface area (Å²) >= 11 is 12.2. The van der Waals surface area contributed by atoms with Crippen molar-refractivity contribution < 1.29 is 9.15 Å². The number of pyridine rings is 1. The van der Waals surface area contributed by atoms with Crippen LogP contribution in [0.3, 0.4) is 0 Å². The van der Waals surface area contributed by atoms with E-state index in [0.29, 0.717) is 34.3 Å². The van der Waals surface area contributed by atoms with Crippen molar-refractivity contribution in [3.05, 3.63) is 67.3 Å². The van der Waals surface area contributed by atoms with Gasteiger partial charge in [0, 0.05) is 27.7 Å². The predicted octanol–water partition coefficient (Wildman–Crippen LogP) is 5.05. The Morgan fingerprint density at radius 1 is 1.23 bits per heavy atom. The van der Waals surface area contributed by atoms with Crippen LogP contribution in [0.15, 0.2) is 33.7 Å². The third kappa shape index (κ3) is 3.11. The standard InChI is InChI=1S/C22H19Cl2N3O3/c1-11-15-9-29-22(2,3)7-14(15)17-18-19(30-20(17)26-11)21(28)27(10-25-18)8-12-4-5-13(23)6-16(12)24/h4-6,10H,7-9H2,1-3H3. The van der Waals surface area contributed by atoms with E-state index in [4.69, 9.17) is 32.4 Å². The number of benzene rings is 1. The highest BCUT2D eigenvalue weighted by Crippen LogP contribution is 2.37. The average Bonchev–Trinajstić information content (AvgIpc) is 3.04. The zero-order valence-electron chi connectivity index (χ0n) is 16.8. The molecule has 0 aliphatic carbocycles. The van der Waals surface area contributed by atoms with E-state index in [2.05, 4.69) is 23.8 Å². The average molecular weight is 444 g/mol. The summed E-state index contributed by atoms with van der Waals surface area (Å²) < 4.78 is 13.4. The van der Waals surface area contributed by atoms with Crippen molar-refractivity contribution in [2.24, 2.45) is 0 Å². The first-order valence-corrected chi connectivity index (χ1v) is 10.4. The second-order valence-electron chi connectivity index (χ2n) is 8.25. The molecule has 1 aromatic carbocycles. The van der Waals surface area contributed by atoms with Gasteiger partial charge in [-0.15, -0.1) is 0 Å². The zero-order valence-corrected chi connectivity index (χ0v) is 18.3. The molecule has 0 fully saturated rings. The quantitative estimate of drug-likeness (QED) is 0.433. The highest BCUT2D eigenvalue weighted by molar-refractivity contribution is 6.35. The lowest BCUT2D eigenvalue weighted by atomic mass is 9.89. The van der Waals surface area contributed by atoms with Gasteiger partial charge in [-0.2, -0.15) is 0 Å². The molecule has 0 saturated heterocycles. The summed E-state index contributed by atoms with van der Waals surface area (Å²) in [5.41, 5.74) is 4.34. The van der Waals surface area contributed by atoms with Gasteiger partial charge in [-0.3, -0.25) is 9.36 Å². The minimum atomic E-state index is -0.308. The highest BCUT2D eigenvalue weighted by atomic mass is 35.5. The molecule has 0 radical (unpaired) electrons. The number of fused-ring (bicyclic) bond motifs is 5. The maximum absolute atomic E-state index is 13.2. The second-order valence-corrected chi connectivity index (χ2v) is 9.10. The van der Waals surface area contributed by atoms with Crippen molar-refractivity contribution in [2.75, 3.05) is 0 Å². The van der Waals surface area contributed by atoms with Gasteiger partial charge in [0.2, 0.25) is 11.3 Å². The number of halogens is 2. The number of rotatable bonds is 2. The monoisotopic (exact) mass is 443 g/mol. The second kappa shape index (κ2) is 6.80. The van der Waals surface area contributed by atoms with Crippen LogP contribution in [0.4, 0.5) is 0 Å². The molecule has 5 rings (SSSR count). The summed E-state index contributed by atoms with van der Waals surface area (Å²) in [6.45, 7) is 6.78. The third-order valence-electron chi connectivity index (χ3n) is 5.58. The third-order valence-corrected chi connectivity index (χ3v) is 6.17. The van der Waals surface area contributed by atoms with E-state index in [1.54, 1.807) is 18.2 Å². The number of aryl methyl sites for hydroxylation is 1. The molecule has 4 aromatic rings. The van der Waals surface area contributed by atoms with E-state index in [9.17, 15) is 4.79 Å². The molecule has 30 heavy (non-hydrogen) atoms. The molecule has 4 heterocycles. The van der Waals surface area contributed by atoms with Gasteiger partial charge in [0.05, 0.1) is 30.5 Å². The van der Waals surface area contributed by atoms with Crippen LogP contribution in [-0.4, -0.2) is 20.1 Å². The molecular formula is C22H19Cl2N3O3. The van der Waals surface area contributed by atoms with Crippen LogP contribution in [0.1, 0.15) is 36.2 Å². The van der Waals surface area contributed by atoms with Gasteiger partial charge >= 0.3 is 0 Å². The molecule has 0 atom stereocenters. The molecule has 0 spiro atoms. The fourth-order valence-corrected chi connectivity index (χ4v) is 4.47. The molecule has 154 valence electrons. The van der Waals surface area contributed by atoms with Gasteiger partial charge in [0.1, 0.15) is 5.52 Å². The molecular weight excluding hydrogens is 425 g/mol. The van der Waals surface area contributed by atoms with Gasteiger partial charge < -0.3 is 9.15 Å². The number of nitrogens with zero attached hydrogens (tertiary/aromatic N) is 3. The highest BCUT2D eigenvalue weighted by Gasteiger charge is 2.31. The zero-order chi connectivity index (χ0) is 21.2. The van der Waals surface area contributed by atoms with E-state index in [0.717, 1.165) is 27.8 Å². The van der Waals surface area contributed by atoms with E-state index in [1.165, 1.54) is 10.9 Å². The molecule has 1 aliphatic rings. The molecule has 0 amide bonds. The Hall–Kier alpha value is -2.41. The molecule has 0 unspecified atom stereocenters. The first kappa shape index (κ1) is 19.5. The lowest BCUT2D eigenvalue weighted by molar-refractivity contribution is -0.0400. The minimum absolute atomic E-state index is 0.196. The van der Waals surface area contributed by atoms with Crippen LogP contribution in [0.25, 0.3) is 22.2 Å². The van der Waals surface area contributed by atoms with E-state index in [1.807, 2.05) is 6.92 Å². The van der Waals surface area contributed by atoms with Crippen LogP contribution in [0, 0.1) is 6.92 Å². The summed E-state index contributed by atoms with van der Waals surface area (Å²) in [7, 11) is 0. The summed E-state index contributed by atoms with van der Waals surface area (Å²) in [5, 5.41) is 1.84. The first-order chi connectivity index (χ1) is 14.2. The summed E-state index contributed by atoms with van der Waals surface area (Å²) in [5.74, 6) is 0. The Morgan fingerprint density at radius 2 is 2.03 bits per heavy atom. The van der Waals surface area contributed by atoms with Crippen molar-refractivity contribution in [3.63, 3.8) is 0 Å². The SMILES string of the molecule is Cc1nc2oc3c(=O)n(Cc4ccc(Cl)cc4Cl)cnc3c2c2c1COC(C)(C)C2. The van der Waals surface area contributed by atoms with E-state index in [-0.39, 0.29) is 23.3 Å². The van der Waals surface area contributed by atoms with Crippen molar-refractivity contribution in [1.29, 1.82) is 0 Å². The number of furan rings is 1. The number of hydrogen-bond acceptors (Lipinski definition) is 5. The number of hydrogen-bond donors (Lipinski definition) is 0. The van der Waals surface area contributed by atoms with E-state index < -0.39 is 0 Å². The largest absolute Gasteiger partial charge is 0.430 e. The van der Waals surface area contributed by atoms with Crippen LogP contribution in [0.2, 0.25) is 10.0 Å². The Balaban J connectivity index is 1.70. The Bertz CT molecular complexity index is 1390. The van der Waals surface area contributed by atoms with E-state index >= 15 is 0 Å².